The SMILES string of the molecule is Cc1cccn2c(=O)c3cc(C#N)c(=NC(=O)c4ccccc4Cl)n(CC4CCCO4)c3nc12. The number of rotatable bonds is 3. The maximum atomic E-state index is 13.4. The molecule has 0 saturated carbocycles. The van der Waals surface area contributed by atoms with Crippen LogP contribution < -0.4 is 11.0 Å². The number of amides is 1. The van der Waals surface area contributed by atoms with Crippen molar-refractivity contribution in [2.24, 2.45) is 4.99 Å². The third-order valence-corrected chi connectivity index (χ3v) is 6.28. The summed E-state index contributed by atoms with van der Waals surface area (Å²) in [4.78, 5) is 35.5. The minimum atomic E-state index is -0.587. The van der Waals surface area contributed by atoms with Crippen molar-refractivity contribution < 1.29 is 9.53 Å². The number of carbonyl (C=O) groups is 1. The smallest absolute Gasteiger partial charge is 0.280 e. The predicted octanol–water partition coefficient (Wildman–Crippen LogP) is 3.40. The van der Waals surface area contributed by atoms with Gasteiger partial charge < -0.3 is 9.30 Å². The molecule has 9 heteroatoms. The first kappa shape index (κ1) is 22.0. The fourth-order valence-corrected chi connectivity index (χ4v) is 4.46. The van der Waals surface area contributed by atoms with E-state index in [0.29, 0.717) is 24.4 Å². The number of benzene rings is 1. The number of ether oxygens (including phenoxy) is 1. The quantitative estimate of drug-likeness (QED) is 0.424. The number of nitrogens with zero attached hydrogens (tertiary/aromatic N) is 5. The highest BCUT2D eigenvalue weighted by Crippen LogP contribution is 2.19. The summed E-state index contributed by atoms with van der Waals surface area (Å²) in [5.74, 6) is -0.587. The number of fused-ring (bicyclic) bond motifs is 2. The maximum Gasteiger partial charge on any atom is 0.280 e. The summed E-state index contributed by atoms with van der Waals surface area (Å²) < 4.78 is 8.94. The molecular weight excluding hydrogens is 454 g/mol. The van der Waals surface area contributed by atoms with Gasteiger partial charge in [-0.25, -0.2) is 4.98 Å². The molecule has 0 N–H and O–H groups in total. The van der Waals surface area contributed by atoms with Crippen molar-refractivity contribution in [3.63, 3.8) is 0 Å². The average molecular weight is 474 g/mol. The molecule has 170 valence electrons. The Labute approximate surface area is 199 Å². The van der Waals surface area contributed by atoms with Crippen molar-refractivity contribution in [1.82, 2.24) is 14.0 Å². The Morgan fingerprint density at radius 2 is 2.12 bits per heavy atom. The summed E-state index contributed by atoms with van der Waals surface area (Å²) in [7, 11) is 0. The zero-order chi connectivity index (χ0) is 23.8. The first-order valence-corrected chi connectivity index (χ1v) is 11.3. The first-order valence-electron chi connectivity index (χ1n) is 10.9. The fraction of sp³-hybridized carbons (Fsp3) is 0.240. The third-order valence-electron chi connectivity index (χ3n) is 5.95. The standard InChI is InChI=1S/C25H20ClN5O3/c1-15-6-4-10-30-21(15)28-23-19(25(30)33)12-16(13-27)22(31(23)14-17-7-5-11-34-17)29-24(32)18-8-2-3-9-20(18)26/h2-4,6,8-10,12,17H,5,7,11,14H2,1H3. The van der Waals surface area contributed by atoms with Crippen molar-refractivity contribution in [2.45, 2.75) is 32.4 Å². The Hall–Kier alpha value is -3.80. The topological polar surface area (TPSA) is 102 Å². The van der Waals surface area contributed by atoms with E-state index < -0.39 is 5.91 Å². The monoisotopic (exact) mass is 473 g/mol. The van der Waals surface area contributed by atoms with Crippen LogP contribution in [0.15, 0.2) is 58.4 Å². The van der Waals surface area contributed by atoms with Crippen LogP contribution in [-0.2, 0) is 11.3 Å². The molecule has 8 nitrogen and oxygen atoms in total. The molecule has 0 aliphatic carbocycles. The molecule has 0 bridgehead atoms. The Kier molecular flexibility index (Phi) is 5.74. The highest BCUT2D eigenvalue weighted by Gasteiger charge is 2.21. The van der Waals surface area contributed by atoms with Gasteiger partial charge in [0, 0.05) is 12.8 Å². The molecule has 5 rings (SSSR count). The van der Waals surface area contributed by atoms with Crippen LogP contribution in [0.3, 0.4) is 0 Å². The average Bonchev–Trinajstić information content (AvgIpc) is 3.35. The molecule has 1 saturated heterocycles. The van der Waals surface area contributed by atoms with Crippen LogP contribution in [0.5, 0.6) is 0 Å². The lowest BCUT2D eigenvalue weighted by atomic mass is 10.2. The molecule has 1 fully saturated rings. The Bertz CT molecular complexity index is 1620. The lowest BCUT2D eigenvalue weighted by molar-refractivity contribution is 0.0952. The summed E-state index contributed by atoms with van der Waals surface area (Å²) in [6.45, 7) is 2.80. The molecule has 4 heterocycles. The van der Waals surface area contributed by atoms with Crippen LogP contribution in [-0.4, -0.2) is 32.6 Å². The van der Waals surface area contributed by atoms with Crippen LogP contribution in [0.1, 0.15) is 34.3 Å². The zero-order valence-corrected chi connectivity index (χ0v) is 19.1. The molecule has 34 heavy (non-hydrogen) atoms. The van der Waals surface area contributed by atoms with E-state index in [2.05, 4.69) is 11.1 Å². The molecule has 1 aliphatic heterocycles. The molecular formula is C25H20ClN5O3. The summed E-state index contributed by atoms with van der Waals surface area (Å²) >= 11 is 6.21. The first-order chi connectivity index (χ1) is 16.5. The number of aryl methyl sites for hydroxylation is 1. The number of pyridine rings is 2. The molecule has 4 aromatic rings. The van der Waals surface area contributed by atoms with E-state index in [1.54, 1.807) is 41.1 Å². The van der Waals surface area contributed by atoms with Crippen LogP contribution in [0.25, 0.3) is 16.7 Å². The Morgan fingerprint density at radius 3 is 2.85 bits per heavy atom. The third kappa shape index (κ3) is 3.79. The van der Waals surface area contributed by atoms with Crippen LogP contribution in [0, 0.1) is 18.3 Å². The fourth-order valence-electron chi connectivity index (χ4n) is 4.25. The van der Waals surface area contributed by atoms with Crippen molar-refractivity contribution in [2.75, 3.05) is 6.61 Å². The summed E-state index contributed by atoms with van der Waals surface area (Å²) in [6, 6.07) is 13.8. The van der Waals surface area contributed by atoms with Gasteiger partial charge in [-0.1, -0.05) is 29.8 Å². The molecule has 1 aromatic carbocycles. The molecule has 1 aliphatic rings. The van der Waals surface area contributed by atoms with Crippen molar-refractivity contribution in [3.8, 4) is 6.07 Å². The van der Waals surface area contributed by atoms with Gasteiger partial charge in [-0.05, 0) is 49.6 Å². The van der Waals surface area contributed by atoms with Crippen LogP contribution in [0.2, 0.25) is 5.02 Å². The number of hydrogen-bond acceptors (Lipinski definition) is 5. The van der Waals surface area contributed by atoms with Gasteiger partial charge in [-0.3, -0.25) is 14.0 Å². The number of carbonyl (C=O) groups excluding carboxylic acids is 1. The van der Waals surface area contributed by atoms with E-state index in [9.17, 15) is 14.9 Å². The predicted molar refractivity (Wildman–Crippen MR) is 127 cm³/mol. The molecule has 1 amide bonds. The number of aromatic nitrogens is 3. The maximum absolute atomic E-state index is 13.4. The van der Waals surface area contributed by atoms with E-state index in [-0.39, 0.29) is 38.7 Å². The Morgan fingerprint density at radius 1 is 1.29 bits per heavy atom. The molecule has 0 spiro atoms. The van der Waals surface area contributed by atoms with Gasteiger partial charge in [0.2, 0.25) is 0 Å². The second-order valence-corrected chi connectivity index (χ2v) is 8.58. The summed E-state index contributed by atoms with van der Waals surface area (Å²) in [5.41, 5.74) is 1.80. The molecule has 3 aromatic heterocycles. The largest absolute Gasteiger partial charge is 0.376 e. The molecule has 1 unspecified atom stereocenters. The van der Waals surface area contributed by atoms with Gasteiger partial charge in [-0.2, -0.15) is 10.3 Å². The molecule has 1 atom stereocenters. The van der Waals surface area contributed by atoms with E-state index in [1.165, 1.54) is 10.5 Å². The second kappa shape index (κ2) is 8.86. The lowest BCUT2D eigenvalue weighted by Gasteiger charge is -2.17. The van der Waals surface area contributed by atoms with Gasteiger partial charge in [0.25, 0.3) is 11.5 Å². The minimum Gasteiger partial charge on any atom is -0.376 e. The number of hydrogen-bond donors (Lipinski definition) is 0. The van der Waals surface area contributed by atoms with E-state index >= 15 is 0 Å². The van der Waals surface area contributed by atoms with E-state index in [4.69, 9.17) is 21.3 Å². The van der Waals surface area contributed by atoms with Gasteiger partial charge in [0.15, 0.2) is 5.49 Å². The van der Waals surface area contributed by atoms with E-state index in [1.807, 2.05) is 13.0 Å². The molecule has 0 radical (unpaired) electrons. The van der Waals surface area contributed by atoms with Gasteiger partial charge in [0.1, 0.15) is 17.4 Å². The normalized spacial score (nSPS) is 16.3. The zero-order valence-electron chi connectivity index (χ0n) is 18.4. The van der Waals surface area contributed by atoms with Gasteiger partial charge >= 0.3 is 0 Å². The number of halogens is 1. The van der Waals surface area contributed by atoms with Gasteiger partial charge in [-0.15, -0.1) is 0 Å². The van der Waals surface area contributed by atoms with Crippen molar-refractivity contribution in [1.29, 1.82) is 5.26 Å². The van der Waals surface area contributed by atoms with Crippen molar-refractivity contribution >= 4 is 34.2 Å². The van der Waals surface area contributed by atoms with E-state index in [0.717, 1.165) is 18.4 Å². The highest BCUT2D eigenvalue weighted by atomic mass is 35.5. The van der Waals surface area contributed by atoms with Crippen molar-refractivity contribution in [3.05, 3.63) is 86.2 Å². The lowest BCUT2D eigenvalue weighted by Crippen LogP contribution is -2.33. The second-order valence-electron chi connectivity index (χ2n) is 8.17. The summed E-state index contributed by atoms with van der Waals surface area (Å²) in [6.07, 6.45) is 3.22. The van der Waals surface area contributed by atoms with Crippen LogP contribution >= 0.6 is 11.6 Å². The summed E-state index contributed by atoms with van der Waals surface area (Å²) in [5, 5.41) is 10.5. The Balaban J connectivity index is 1.86. The minimum absolute atomic E-state index is 0.0948. The van der Waals surface area contributed by atoms with Gasteiger partial charge in [0.05, 0.1) is 34.2 Å². The highest BCUT2D eigenvalue weighted by molar-refractivity contribution is 6.33. The van der Waals surface area contributed by atoms with Crippen LogP contribution in [0.4, 0.5) is 0 Å². The number of nitriles is 1.